The van der Waals surface area contributed by atoms with Crippen molar-refractivity contribution >= 4 is 22.4 Å². The van der Waals surface area contributed by atoms with E-state index in [9.17, 15) is 0 Å². The standard InChI is InChI=1S/C15H18ClN/c1-2-3-4-5-6-15-10-12-7-8-14(16)9-13(12)11-17-15/h7-11H,2-6H2,1H3. The van der Waals surface area contributed by atoms with Crippen molar-refractivity contribution in [1.82, 2.24) is 4.98 Å². The van der Waals surface area contributed by atoms with Crippen molar-refractivity contribution in [3.05, 3.63) is 41.2 Å². The van der Waals surface area contributed by atoms with Crippen LogP contribution >= 0.6 is 11.6 Å². The largest absolute Gasteiger partial charge is 0.261 e. The molecule has 0 saturated heterocycles. The second kappa shape index (κ2) is 6.02. The van der Waals surface area contributed by atoms with Gasteiger partial charge >= 0.3 is 0 Å². The molecule has 2 aromatic rings. The second-order valence-electron chi connectivity index (χ2n) is 4.48. The number of benzene rings is 1. The summed E-state index contributed by atoms with van der Waals surface area (Å²) in [5.41, 5.74) is 1.19. The van der Waals surface area contributed by atoms with Gasteiger partial charge in [-0.1, -0.05) is 43.9 Å². The lowest BCUT2D eigenvalue weighted by Gasteiger charge is -2.03. The summed E-state index contributed by atoms with van der Waals surface area (Å²) < 4.78 is 0. The maximum absolute atomic E-state index is 5.95. The fourth-order valence-electron chi connectivity index (χ4n) is 2.03. The summed E-state index contributed by atoms with van der Waals surface area (Å²) >= 11 is 5.95. The minimum atomic E-state index is 0.773. The summed E-state index contributed by atoms with van der Waals surface area (Å²) in [7, 11) is 0. The molecule has 17 heavy (non-hydrogen) atoms. The normalized spacial score (nSPS) is 10.9. The Labute approximate surface area is 108 Å². The van der Waals surface area contributed by atoms with E-state index >= 15 is 0 Å². The lowest BCUT2D eigenvalue weighted by molar-refractivity contribution is 0.661. The van der Waals surface area contributed by atoms with Crippen LogP contribution in [0.3, 0.4) is 0 Å². The molecule has 1 heterocycles. The number of rotatable bonds is 5. The van der Waals surface area contributed by atoms with Gasteiger partial charge in [-0.05, 0) is 36.4 Å². The smallest absolute Gasteiger partial charge is 0.0412 e. The van der Waals surface area contributed by atoms with Crippen LogP contribution in [-0.2, 0) is 6.42 Å². The number of hydrogen-bond donors (Lipinski definition) is 0. The molecule has 90 valence electrons. The first-order chi connectivity index (χ1) is 8.29. The van der Waals surface area contributed by atoms with Crippen LogP contribution in [0.1, 0.15) is 38.3 Å². The Morgan fingerprint density at radius 2 is 1.94 bits per heavy atom. The Bertz CT molecular complexity index is 493. The van der Waals surface area contributed by atoms with Gasteiger partial charge in [0.2, 0.25) is 0 Å². The van der Waals surface area contributed by atoms with Gasteiger partial charge in [-0.3, -0.25) is 4.98 Å². The monoisotopic (exact) mass is 247 g/mol. The second-order valence-corrected chi connectivity index (χ2v) is 4.91. The zero-order chi connectivity index (χ0) is 12.1. The molecule has 1 aromatic heterocycles. The highest BCUT2D eigenvalue weighted by molar-refractivity contribution is 6.31. The molecule has 0 aliphatic rings. The van der Waals surface area contributed by atoms with Crippen LogP contribution in [0, 0.1) is 0 Å². The van der Waals surface area contributed by atoms with Gasteiger partial charge in [-0.15, -0.1) is 0 Å². The number of aromatic nitrogens is 1. The first kappa shape index (κ1) is 12.4. The number of nitrogens with zero attached hydrogens (tertiary/aromatic N) is 1. The van der Waals surface area contributed by atoms with Gasteiger partial charge in [-0.2, -0.15) is 0 Å². The molecule has 2 rings (SSSR count). The van der Waals surface area contributed by atoms with Crippen molar-refractivity contribution in [3.8, 4) is 0 Å². The third kappa shape index (κ3) is 3.44. The highest BCUT2D eigenvalue weighted by atomic mass is 35.5. The highest BCUT2D eigenvalue weighted by Gasteiger charge is 1.99. The molecule has 0 fully saturated rings. The number of unbranched alkanes of at least 4 members (excludes halogenated alkanes) is 3. The molecule has 1 aromatic carbocycles. The third-order valence-electron chi connectivity index (χ3n) is 3.03. The van der Waals surface area contributed by atoms with Gasteiger partial charge in [0.05, 0.1) is 0 Å². The van der Waals surface area contributed by atoms with Crippen LogP contribution in [0.4, 0.5) is 0 Å². The molecule has 0 radical (unpaired) electrons. The predicted molar refractivity (Wildman–Crippen MR) is 74.6 cm³/mol. The average Bonchev–Trinajstić information content (AvgIpc) is 2.35. The van der Waals surface area contributed by atoms with E-state index in [1.807, 2.05) is 18.3 Å². The van der Waals surface area contributed by atoms with Gasteiger partial charge in [0.15, 0.2) is 0 Å². The number of fused-ring (bicyclic) bond motifs is 1. The topological polar surface area (TPSA) is 12.9 Å². The molecule has 0 bridgehead atoms. The molecule has 1 nitrogen and oxygen atoms in total. The minimum Gasteiger partial charge on any atom is -0.261 e. The molecular weight excluding hydrogens is 230 g/mol. The van der Waals surface area contributed by atoms with E-state index in [4.69, 9.17) is 11.6 Å². The molecule has 0 aliphatic heterocycles. The van der Waals surface area contributed by atoms with Gasteiger partial charge < -0.3 is 0 Å². The summed E-state index contributed by atoms with van der Waals surface area (Å²) in [6.45, 7) is 2.23. The van der Waals surface area contributed by atoms with Crippen molar-refractivity contribution in [2.45, 2.75) is 39.0 Å². The Morgan fingerprint density at radius 1 is 1.06 bits per heavy atom. The predicted octanol–water partition coefficient (Wildman–Crippen LogP) is 5.01. The van der Waals surface area contributed by atoms with E-state index in [0.717, 1.165) is 16.8 Å². The summed E-state index contributed by atoms with van der Waals surface area (Å²) in [5.74, 6) is 0. The van der Waals surface area contributed by atoms with Crippen molar-refractivity contribution in [2.75, 3.05) is 0 Å². The number of aryl methyl sites for hydroxylation is 1. The van der Waals surface area contributed by atoms with E-state index in [-0.39, 0.29) is 0 Å². The Morgan fingerprint density at radius 3 is 2.76 bits per heavy atom. The molecular formula is C15H18ClN. The van der Waals surface area contributed by atoms with Crippen LogP contribution in [0.15, 0.2) is 30.5 Å². The lowest BCUT2D eigenvalue weighted by atomic mass is 10.1. The van der Waals surface area contributed by atoms with Crippen molar-refractivity contribution in [3.63, 3.8) is 0 Å². The summed E-state index contributed by atoms with van der Waals surface area (Å²) in [4.78, 5) is 4.49. The molecule has 0 spiro atoms. The Balaban J connectivity index is 2.07. The zero-order valence-corrected chi connectivity index (χ0v) is 11.0. The van der Waals surface area contributed by atoms with Gasteiger partial charge in [0.1, 0.15) is 0 Å². The SMILES string of the molecule is CCCCCCc1cc2ccc(Cl)cc2cn1. The number of pyridine rings is 1. The molecule has 0 saturated carbocycles. The summed E-state index contributed by atoms with van der Waals surface area (Å²) in [5, 5.41) is 3.12. The van der Waals surface area contributed by atoms with Crippen molar-refractivity contribution in [2.24, 2.45) is 0 Å². The molecule has 0 N–H and O–H groups in total. The summed E-state index contributed by atoms with van der Waals surface area (Å²) in [6.07, 6.45) is 8.15. The molecule has 0 aliphatic carbocycles. The van der Waals surface area contributed by atoms with Gasteiger partial charge in [0.25, 0.3) is 0 Å². The summed E-state index contributed by atoms with van der Waals surface area (Å²) in [6, 6.07) is 8.14. The van der Waals surface area contributed by atoms with Crippen LogP contribution in [-0.4, -0.2) is 4.98 Å². The highest BCUT2D eigenvalue weighted by Crippen LogP contribution is 2.19. The quantitative estimate of drug-likeness (QED) is 0.677. The van der Waals surface area contributed by atoms with E-state index in [1.165, 1.54) is 36.8 Å². The average molecular weight is 248 g/mol. The lowest BCUT2D eigenvalue weighted by Crippen LogP contribution is -1.90. The Kier molecular flexibility index (Phi) is 4.38. The molecule has 0 unspecified atom stereocenters. The third-order valence-corrected chi connectivity index (χ3v) is 3.26. The van der Waals surface area contributed by atoms with Crippen LogP contribution in [0.5, 0.6) is 0 Å². The number of halogens is 1. The van der Waals surface area contributed by atoms with Crippen molar-refractivity contribution < 1.29 is 0 Å². The Hall–Kier alpha value is -1.08. The fourth-order valence-corrected chi connectivity index (χ4v) is 2.21. The molecule has 2 heteroatoms. The van der Waals surface area contributed by atoms with E-state index < -0.39 is 0 Å². The van der Waals surface area contributed by atoms with Crippen LogP contribution in [0.2, 0.25) is 5.02 Å². The van der Waals surface area contributed by atoms with Gasteiger partial charge in [0, 0.05) is 22.3 Å². The first-order valence-electron chi connectivity index (χ1n) is 6.34. The van der Waals surface area contributed by atoms with E-state index in [2.05, 4.69) is 24.0 Å². The number of hydrogen-bond acceptors (Lipinski definition) is 1. The van der Waals surface area contributed by atoms with Gasteiger partial charge in [-0.25, -0.2) is 0 Å². The fraction of sp³-hybridized carbons (Fsp3) is 0.400. The minimum absolute atomic E-state index is 0.773. The van der Waals surface area contributed by atoms with Crippen molar-refractivity contribution in [1.29, 1.82) is 0 Å². The van der Waals surface area contributed by atoms with Crippen LogP contribution in [0.25, 0.3) is 10.8 Å². The van der Waals surface area contributed by atoms with E-state index in [0.29, 0.717) is 0 Å². The zero-order valence-electron chi connectivity index (χ0n) is 10.2. The van der Waals surface area contributed by atoms with E-state index in [1.54, 1.807) is 0 Å². The maximum Gasteiger partial charge on any atom is 0.0412 e. The maximum atomic E-state index is 5.95. The van der Waals surface area contributed by atoms with Crippen LogP contribution < -0.4 is 0 Å². The first-order valence-corrected chi connectivity index (χ1v) is 6.71. The molecule has 0 amide bonds. The molecule has 0 atom stereocenters.